The lowest BCUT2D eigenvalue weighted by Crippen LogP contribution is -2.58. The molecule has 30 heavy (non-hydrogen) atoms. The Morgan fingerprint density at radius 1 is 1.27 bits per heavy atom. The molecular weight excluding hydrogens is 394 g/mol. The topological polar surface area (TPSA) is 60.7 Å². The van der Waals surface area contributed by atoms with E-state index in [9.17, 15) is 5.26 Å². The molecule has 162 valence electrons. The fourth-order valence-corrected chi connectivity index (χ4v) is 7.45. The lowest BCUT2D eigenvalue weighted by Gasteiger charge is -2.49. The van der Waals surface area contributed by atoms with Gasteiger partial charge in [-0.3, -0.25) is 0 Å². The Balaban J connectivity index is 1.95. The summed E-state index contributed by atoms with van der Waals surface area (Å²) < 4.78 is 24.2. The molecule has 4 atom stereocenters. The van der Waals surface area contributed by atoms with E-state index in [0.29, 0.717) is 13.2 Å². The summed E-state index contributed by atoms with van der Waals surface area (Å²) in [7, 11) is 1.39. The summed E-state index contributed by atoms with van der Waals surface area (Å²) in [5.41, 5.74) is 2.50. The van der Waals surface area contributed by atoms with Crippen LogP contribution in [0, 0.1) is 17.2 Å². The highest BCUT2D eigenvalue weighted by Gasteiger charge is 2.63. The van der Waals surface area contributed by atoms with Gasteiger partial charge in [0.05, 0.1) is 31.8 Å². The van der Waals surface area contributed by atoms with E-state index in [1.165, 1.54) is 5.57 Å². The van der Waals surface area contributed by atoms with Crippen molar-refractivity contribution in [3.05, 3.63) is 40.3 Å². The van der Waals surface area contributed by atoms with Crippen LogP contribution in [0.4, 0.5) is 0 Å². The Hall–Kier alpha value is -1.81. The van der Waals surface area contributed by atoms with E-state index < -0.39 is 13.5 Å². The van der Waals surface area contributed by atoms with Gasteiger partial charge in [0, 0.05) is 19.4 Å². The Kier molecular flexibility index (Phi) is 5.08. The smallest absolute Gasteiger partial charge is 0.130 e. The van der Waals surface area contributed by atoms with Crippen LogP contribution >= 0.6 is 0 Å². The van der Waals surface area contributed by atoms with Crippen molar-refractivity contribution in [2.45, 2.75) is 62.9 Å². The molecule has 0 saturated carbocycles. The van der Waals surface area contributed by atoms with Crippen LogP contribution in [0.5, 0.6) is 5.75 Å². The Morgan fingerprint density at radius 2 is 2.00 bits per heavy atom. The molecule has 4 rings (SSSR count). The Labute approximate surface area is 181 Å². The first kappa shape index (κ1) is 21.4. The SMILES string of the molecule is COCC1OCC2=C([Si](C)(C)C(C)(C)C)O[C@H]3Cc4ccc(OC)cc4C1(C#N)[C@@H]23. The molecule has 1 saturated heterocycles. The molecule has 0 aromatic heterocycles. The third-order valence-electron chi connectivity index (χ3n) is 7.88. The fraction of sp³-hybridized carbons (Fsp3) is 0.625. The number of nitrogens with zero attached hydrogens (tertiary/aromatic N) is 1. The van der Waals surface area contributed by atoms with Crippen LogP contribution in [-0.4, -0.2) is 47.7 Å². The average Bonchev–Trinajstić information content (AvgIpc) is 3.08. The predicted octanol–water partition coefficient (Wildman–Crippen LogP) is 4.37. The molecule has 0 spiro atoms. The summed E-state index contributed by atoms with van der Waals surface area (Å²) in [6, 6.07) is 8.78. The molecule has 2 heterocycles. The lowest BCUT2D eigenvalue weighted by molar-refractivity contribution is -0.0774. The van der Waals surface area contributed by atoms with Crippen LogP contribution in [0.25, 0.3) is 0 Å². The van der Waals surface area contributed by atoms with Crippen molar-refractivity contribution in [2.75, 3.05) is 27.4 Å². The third kappa shape index (κ3) is 2.79. The number of methoxy groups -OCH3 is 2. The summed E-state index contributed by atoms with van der Waals surface area (Å²) in [4.78, 5) is 0. The van der Waals surface area contributed by atoms with E-state index in [-0.39, 0.29) is 23.2 Å². The molecule has 1 aromatic rings. The van der Waals surface area contributed by atoms with Crippen LogP contribution in [0.1, 0.15) is 31.9 Å². The van der Waals surface area contributed by atoms with Gasteiger partial charge in [0.1, 0.15) is 31.4 Å². The summed E-state index contributed by atoms with van der Waals surface area (Å²) in [6.45, 7) is 12.5. The zero-order valence-electron chi connectivity index (χ0n) is 19.2. The van der Waals surface area contributed by atoms with E-state index >= 15 is 0 Å². The van der Waals surface area contributed by atoms with Crippen LogP contribution < -0.4 is 4.74 Å². The van der Waals surface area contributed by atoms with Gasteiger partial charge in [0.25, 0.3) is 0 Å². The molecular formula is C24H33NO4Si. The minimum atomic E-state index is -1.94. The normalized spacial score (nSPS) is 30.3. The summed E-state index contributed by atoms with van der Waals surface area (Å²) in [5, 5.41) is 12.0. The van der Waals surface area contributed by atoms with Crippen molar-refractivity contribution in [3.8, 4) is 11.8 Å². The summed E-state index contributed by atoms with van der Waals surface area (Å²) in [5.74, 6) is 0.748. The maximum absolute atomic E-state index is 10.7. The predicted molar refractivity (Wildman–Crippen MR) is 118 cm³/mol. The van der Waals surface area contributed by atoms with Gasteiger partial charge >= 0.3 is 0 Å². The van der Waals surface area contributed by atoms with Gasteiger partial charge in [0.2, 0.25) is 0 Å². The van der Waals surface area contributed by atoms with Crippen molar-refractivity contribution in [1.29, 1.82) is 5.26 Å². The van der Waals surface area contributed by atoms with Crippen LogP contribution in [0.2, 0.25) is 18.1 Å². The lowest BCUT2D eigenvalue weighted by atomic mass is 9.57. The molecule has 1 aromatic carbocycles. The third-order valence-corrected chi connectivity index (χ3v) is 13.2. The quantitative estimate of drug-likeness (QED) is 0.668. The van der Waals surface area contributed by atoms with Gasteiger partial charge in [-0.15, -0.1) is 0 Å². The highest BCUT2D eigenvalue weighted by molar-refractivity contribution is 6.86. The van der Waals surface area contributed by atoms with E-state index in [2.05, 4.69) is 46.0 Å². The molecule has 0 amide bonds. The molecule has 1 aliphatic carbocycles. The van der Waals surface area contributed by atoms with Crippen molar-refractivity contribution in [2.24, 2.45) is 5.92 Å². The van der Waals surface area contributed by atoms with Crippen molar-refractivity contribution < 1.29 is 18.9 Å². The zero-order valence-corrected chi connectivity index (χ0v) is 20.2. The Morgan fingerprint density at radius 3 is 2.60 bits per heavy atom. The van der Waals surface area contributed by atoms with E-state index in [0.717, 1.165) is 28.7 Å². The summed E-state index contributed by atoms with van der Waals surface area (Å²) >= 11 is 0. The van der Waals surface area contributed by atoms with Gasteiger partial charge in [-0.1, -0.05) is 39.9 Å². The molecule has 1 fully saturated rings. The van der Waals surface area contributed by atoms with Crippen LogP contribution in [-0.2, 0) is 26.0 Å². The number of fused-ring (bicyclic) bond motifs is 2. The Bertz CT molecular complexity index is 926. The first-order chi connectivity index (χ1) is 14.1. The molecule has 2 unspecified atom stereocenters. The monoisotopic (exact) mass is 427 g/mol. The highest BCUT2D eigenvalue weighted by atomic mass is 28.3. The molecule has 5 nitrogen and oxygen atoms in total. The number of rotatable bonds is 4. The summed E-state index contributed by atoms with van der Waals surface area (Å²) in [6.07, 6.45) is 0.416. The first-order valence-corrected chi connectivity index (χ1v) is 13.7. The molecule has 0 bridgehead atoms. The highest BCUT2D eigenvalue weighted by Crippen LogP contribution is 2.58. The molecule has 3 aliphatic rings. The zero-order chi connectivity index (χ0) is 21.9. The molecule has 0 N–H and O–H groups in total. The maximum Gasteiger partial charge on any atom is 0.130 e. The second kappa shape index (κ2) is 7.12. The van der Waals surface area contributed by atoms with Gasteiger partial charge in [-0.2, -0.15) is 5.26 Å². The number of benzene rings is 1. The number of hydrogen-bond acceptors (Lipinski definition) is 5. The molecule has 0 radical (unpaired) electrons. The largest absolute Gasteiger partial charge is 0.499 e. The second-order valence-corrected chi connectivity index (χ2v) is 15.5. The number of nitriles is 1. The fourth-order valence-electron chi connectivity index (χ4n) is 5.29. The number of hydrogen-bond donors (Lipinski definition) is 0. The second-order valence-electron chi connectivity index (χ2n) is 10.3. The first-order valence-electron chi connectivity index (χ1n) is 10.7. The standard InChI is InChI=1S/C24H33NO4Si/c1-23(2,3)30(6,7)22-17-12-28-20(13-26-4)24(14-25)18-11-16(27-5)9-8-15(18)10-19(29-22)21(17)24/h8-9,11,19-21H,10,12-13H2,1-7H3/t19-,20?,21-,24?/m0/s1. The van der Waals surface area contributed by atoms with Gasteiger partial charge in [0.15, 0.2) is 0 Å². The minimum absolute atomic E-state index is 0.0138. The number of ether oxygens (including phenoxy) is 4. The average molecular weight is 428 g/mol. The van der Waals surface area contributed by atoms with E-state index in [1.807, 2.05) is 12.1 Å². The van der Waals surface area contributed by atoms with E-state index in [4.69, 9.17) is 18.9 Å². The van der Waals surface area contributed by atoms with E-state index in [1.54, 1.807) is 14.2 Å². The van der Waals surface area contributed by atoms with Crippen molar-refractivity contribution >= 4 is 8.07 Å². The van der Waals surface area contributed by atoms with Crippen molar-refractivity contribution in [3.63, 3.8) is 0 Å². The van der Waals surface area contributed by atoms with Gasteiger partial charge in [-0.25, -0.2) is 0 Å². The molecule has 6 heteroatoms. The minimum Gasteiger partial charge on any atom is -0.499 e. The molecule has 2 aliphatic heterocycles. The van der Waals surface area contributed by atoms with Crippen LogP contribution in [0.15, 0.2) is 29.2 Å². The van der Waals surface area contributed by atoms with Gasteiger partial charge < -0.3 is 18.9 Å². The maximum atomic E-state index is 10.7. The van der Waals surface area contributed by atoms with Crippen molar-refractivity contribution in [1.82, 2.24) is 0 Å². The van der Waals surface area contributed by atoms with Gasteiger partial charge in [-0.05, 0) is 33.9 Å². The van der Waals surface area contributed by atoms with Crippen LogP contribution in [0.3, 0.4) is 0 Å².